The van der Waals surface area contributed by atoms with Gasteiger partial charge in [-0.25, -0.2) is 0 Å². The number of nitro benzene ring substituents is 1. The molecule has 1 heterocycles. The van der Waals surface area contributed by atoms with Crippen molar-refractivity contribution in [1.29, 1.82) is 0 Å². The molecule has 1 atom stereocenters. The van der Waals surface area contributed by atoms with E-state index in [-0.39, 0.29) is 23.1 Å². The van der Waals surface area contributed by atoms with Crippen molar-refractivity contribution in [2.45, 2.75) is 31.9 Å². The van der Waals surface area contributed by atoms with Gasteiger partial charge in [0.2, 0.25) is 0 Å². The first kappa shape index (κ1) is 16.1. The van der Waals surface area contributed by atoms with Crippen molar-refractivity contribution in [1.82, 2.24) is 0 Å². The Labute approximate surface area is 140 Å². The molecule has 0 bridgehead atoms. The van der Waals surface area contributed by atoms with E-state index in [2.05, 4.69) is 5.32 Å². The number of nitrogens with one attached hydrogen (secondary N) is 1. The van der Waals surface area contributed by atoms with Gasteiger partial charge in [0.15, 0.2) is 5.75 Å². The van der Waals surface area contributed by atoms with E-state index in [1.165, 1.54) is 13.2 Å². The molecule has 2 aromatic carbocycles. The van der Waals surface area contributed by atoms with Crippen LogP contribution in [0.5, 0.6) is 11.5 Å². The SMILES string of the molecule is COc1cc(NC2CC(C)(C)Oc3ccccc32)ccc1[N+](=O)[O-]. The van der Waals surface area contributed by atoms with Gasteiger partial charge >= 0.3 is 5.69 Å². The summed E-state index contributed by atoms with van der Waals surface area (Å²) < 4.78 is 11.2. The minimum absolute atomic E-state index is 0.0456. The number of rotatable bonds is 4. The molecule has 1 aliphatic rings. The minimum atomic E-state index is -0.449. The highest BCUT2D eigenvalue weighted by Crippen LogP contribution is 2.41. The molecule has 6 nitrogen and oxygen atoms in total. The van der Waals surface area contributed by atoms with Gasteiger partial charge in [-0.2, -0.15) is 0 Å². The molecule has 6 heteroatoms. The Kier molecular flexibility index (Phi) is 4.05. The van der Waals surface area contributed by atoms with E-state index in [4.69, 9.17) is 9.47 Å². The van der Waals surface area contributed by atoms with Gasteiger partial charge in [0.1, 0.15) is 11.4 Å². The lowest BCUT2D eigenvalue weighted by Crippen LogP contribution is -2.37. The molecule has 1 unspecified atom stereocenters. The maximum atomic E-state index is 11.0. The molecule has 3 rings (SSSR count). The van der Waals surface area contributed by atoms with Crippen LogP contribution >= 0.6 is 0 Å². The molecule has 0 aromatic heterocycles. The molecule has 24 heavy (non-hydrogen) atoms. The van der Waals surface area contributed by atoms with Gasteiger partial charge in [0, 0.05) is 29.8 Å². The second-order valence-corrected chi connectivity index (χ2v) is 6.44. The molecule has 0 spiro atoms. The maximum Gasteiger partial charge on any atom is 0.311 e. The van der Waals surface area contributed by atoms with Crippen LogP contribution in [0.2, 0.25) is 0 Å². The Morgan fingerprint density at radius 3 is 2.75 bits per heavy atom. The molecule has 2 aromatic rings. The molecule has 126 valence electrons. The summed E-state index contributed by atoms with van der Waals surface area (Å²) in [4.78, 5) is 10.6. The first-order valence-electron chi connectivity index (χ1n) is 7.76. The number of nitrogens with zero attached hydrogens (tertiary/aromatic N) is 1. The van der Waals surface area contributed by atoms with E-state index in [1.54, 1.807) is 12.1 Å². The first-order chi connectivity index (χ1) is 11.4. The number of hydrogen-bond donors (Lipinski definition) is 1. The molecule has 0 fully saturated rings. The Hall–Kier alpha value is -2.76. The molecular weight excluding hydrogens is 308 g/mol. The molecule has 0 saturated heterocycles. The van der Waals surface area contributed by atoms with Crippen LogP contribution in [0.15, 0.2) is 42.5 Å². The van der Waals surface area contributed by atoms with Crippen molar-refractivity contribution in [2.75, 3.05) is 12.4 Å². The Morgan fingerprint density at radius 2 is 2.04 bits per heavy atom. The number of fused-ring (bicyclic) bond motifs is 1. The lowest BCUT2D eigenvalue weighted by molar-refractivity contribution is -0.385. The monoisotopic (exact) mass is 328 g/mol. The van der Waals surface area contributed by atoms with Gasteiger partial charge in [-0.05, 0) is 26.0 Å². The Balaban J connectivity index is 1.92. The van der Waals surface area contributed by atoms with Crippen molar-refractivity contribution >= 4 is 11.4 Å². The van der Waals surface area contributed by atoms with Crippen molar-refractivity contribution < 1.29 is 14.4 Å². The zero-order valence-corrected chi connectivity index (χ0v) is 13.9. The third-order valence-corrected chi connectivity index (χ3v) is 4.09. The molecule has 0 amide bonds. The largest absolute Gasteiger partial charge is 0.490 e. The fourth-order valence-corrected chi connectivity index (χ4v) is 3.05. The molecule has 1 N–H and O–H groups in total. The van der Waals surface area contributed by atoms with Crippen LogP contribution < -0.4 is 14.8 Å². The van der Waals surface area contributed by atoms with E-state index in [1.807, 2.05) is 38.1 Å². The average Bonchev–Trinajstić information content (AvgIpc) is 2.53. The summed E-state index contributed by atoms with van der Waals surface area (Å²) in [6.07, 6.45) is 0.781. The Bertz CT molecular complexity index is 773. The van der Waals surface area contributed by atoms with E-state index in [0.29, 0.717) is 0 Å². The highest BCUT2D eigenvalue weighted by Gasteiger charge is 2.33. The zero-order valence-electron chi connectivity index (χ0n) is 13.9. The van der Waals surface area contributed by atoms with E-state index >= 15 is 0 Å². The number of nitro groups is 1. The number of benzene rings is 2. The van der Waals surface area contributed by atoms with Crippen molar-refractivity contribution in [3.05, 3.63) is 58.1 Å². The summed E-state index contributed by atoms with van der Waals surface area (Å²) >= 11 is 0. The fraction of sp³-hybridized carbons (Fsp3) is 0.333. The van der Waals surface area contributed by atoms with Crippen LogP contribution in [0, 0.1) is 10.1 Å². The third-order valence-electron chi connectivity index (χ3n) is 4.09. The predicted octanol–water partition coefficient (Wildman–Crippen LogP) is 4.32. The molecule has 1 aliphatic heterocycles. The summed E-state index contributed by atoms with van der Waals surface area (Å²) in [6.45, 7) is 4.10. The number of ether oxygens (including phenoxy) is 2. The molecule has 0 aliphatic carbocycles. The first-order valence-corrected chi connectivity index (χ1v) is 7.76. The highest BCUT2D eigenvalue weighted by atomic mass is 16.6. The third kappa shape index (κ3) is 3.13. The summed E-state index contributed by atoms with van der Waals surface area (Å²) in [5, 5.41) is 14.5. The number of methoxy groups -OCH3 is 1. The normalized spacial score (nSPS) is 18.2. The topological polar surface area (TPSA) is 73.6 Å². The number of hydrogen-bond acceptors (Lipinski definition) is 5. The van der Waals surface area contributed by atoms with Crippen molar-refractivity contribution in [3.8, 4) is 11.5 Å². The number of para-hydroxylation sites is 1. The summed E-state index contributed by atoms with van der Waals surface area (Å²) in [7, 11) is 1.43. The molecule has 0 radical (unpaired) electrons. The average molecular weight is 328 g/mol. The zero-order chi connectivity index (χ0) is 17.3. The van der Waals surface area contributed by atoms with Crippen molar-refractivity contribution in [2.24, 2.45) is 0 Å². The lowest BCUT2D eigenvalue weighted by atomic mass is 9.89. The van der Waals surface area contributed by atoms with E-state index in [9.17, 15) is 10.1 Å². The van der Waals surface area contributed by atoms with Gasteiger partial charge < -0.3 is 14.8 Å². The Morgan fingerprint density at radius 1 is 1.29 bits per heavy atom. The summed E-state index contributed by atoms with van der Waals surface area (Å²) in [6, 6.07) is 12.8. The van der Waals surface area contributed by atoms with Gasteiger partial charge in [-0.3, -0.25) is 10.1 Å². The van der Waals surface area contributed by atoms with Crippen LogP contribution in [0.4, 0.5) is 11.4 Å². The smallest absolute Gasteiger partial charge is 0.311 e. The van der Waals surface area contributed by atoms with Gasteiger partial charge in [-0.15, -0.1) is 0 Å². The lowest BCUT2D eigenvalue weighted by Gasteiger charge is -2.38. The van der Waals surface area contributed by atoms with Crippen LogP contribution in [0.3, 0.4) is 0 Å². The highest BCUT2D eigenvalue weighted by molar-refractivity contribution is 5.59. The predicted molar refractivity (Wildman–Crippen MR) is 91.8 cm³/mol. The molecular formula is C18H20N2O4. The number of anilines is 1. The van der Waals surface area contributed by atoms with Crippen LogP contribution in [0.1, 0.15) is 31.9 Å². The second-order valence-electron chi connectivity index (χ2n) is 6.44. The minimum Gasteiger partial charge on any atom is -0.490 e. The van der Waals surface area contributed by atoms with Gasteiger partial charge in [-0.1, -0.05) is 18.2 Å². The second kappa shape index (κ2) is 6.03. The fourth-order valence-electron chi connectivity index (χ4n) is 3.05. The summed E-state index contributed by atoms with van der Waals surface area (Å²) in [5.41, 5.74) is 1.51. The van der Waals surface area contributed by atoms with Gasteiger partial charge in [0.25, 0.3) is 0 Å². The van der Waals surface area contributed by atoms with E-state index < -0.39 is 4.92 Å². The summed E-state index contributed by atoms with van der Waals surface area (Å²) in [5.74, 6) is 1.10. The van der Waals surface area contributed by atoms with Gasteiger partial charge in [0.05, 0.1) is 18.1 Å². The van der Waals surface area contributed by atoms with E-state index in [0.717, 1.165) is 23.4 Å². The quantitative estimate of drug-likeness (QED) is 0.668. The van der Waals surface area contributed by atoms with Crippen LogP contribution in [0.25, 0.3) is 0 Å². The van der Waals surface area contributed by atoms with Crippen LogP contribution in [-0.4, -0.2) is 17.6 Å². The maximum absolute atomic E-state index is 11.0. The van der Waals surface area contributed by atoms with Crippen LogP contribution in [-0.2, 0) is 0 Å². The van der Waals surface area contributed by atoms with Crippen molar-refractivity contribution in [3.63, 3.8) is 0 Å². The standard InChI is InChI=1S/C18H20N2O4/c1-18(2)11-14(13-6-4-5-7-16(13)24-18)19-12-8-9-15(20(21)22)17(10-12)23-3/h4-10,14,19H,11H2,1-3H3. The molecule has 0 saturated carbocycles.